The summed E-state index contributed by atoms with van der Waals surface area (Å²) in [6, 6.07) is 0. The van der Waals surface area contributed by atoms with Gasteiger partial charge in [0, 0.05) is 19.7 Å². The highest BCUT2D eigenvalue weighted by Crippen LogP contribution is 2.23. The van der Waals surface area contributed by atoms with Crippen molar-refractivity contribution >= 4 is 16.9 Å². The van der Waals surface area contributed by atoms with Gasteiger partial charge in [0.1, 0.15) is 16.9 Å². The summed E-state index contributed by atoms with van der Waals surface area (Å²) in [5, 5.41) is 7.95. The molecule has 6 heteroatoms. The van der Waals surface area contributed by atoms with Crippen LogP contribution in [0.25, 0.3) is 11.0 Å². The number of ether oxygens (including phenoxy) is 1. The minimum Gasteiger partial charge on any atom is -0.376 e. The number of aromatic nitrogens is 4. The molecule has 108 valence electrons. The van der Waals surface area contributed by atoms with Gasteiger partial charge in [-0.3, -0.25) is 4.68 Å². The summed E-state index contributed by atoms with van der Waals surface area (Å²) >= 11 is 0. The lowest BCUT2D eigenvalue weighted by atomic mass is 10.2. The monoisotopic (exact) mass is 275 g/mol. The van der Waals surface area contributed by atoms with Gasteiger partial charge < -0.3 is 10.1 Å². The lowest BCUT2D eigenvalue weighted by molar-refractivity contribution is 0.120. The first kappa shape index (κ1) is 13.3. The smallest absolute Gasteiger partial charge is 0.156 e. The highest BCUT2D eigenvalue weighted by Gasteiger charge is 2.18. The Morgan fingerprint density at radius 3 is 2.90 bits per heavy atom. The summed E-state index contributed by atoms with van der Waals surface area (Å²) in [6.45, 7) is 8.46. The second-order valence-electron chi connectivity index (χ2n) is 5.23. The predicted octanol–water partition coefficient (Wildman–Crippen LogP) is 2.05. The van der Waals surface area contributed by atoms with E-state index in [4.69, 9.17) is 4.74 Å². The zero-order valence-corrected chi connectivity index (χ0v) is 12.3. The molecule has 0 unspecified atom stereocenters. The molecule has 1 aliphatic heterocycles. The van der Waals surface area contributed by atoms with Crippen LogP contribution in [0, 0.1) is 13.8 Å². The van der Waals surface area contributed by atoms with Crippen LogP contribution in [0.2, 0.25) is 0 Å². The SMILES string of the molecule is CCn1nc(C)c2nc(C)nc(NC[C@H]3CCCO3)c21. The van der Waals surface area contributed by atoms with Crippen LogP contribution in [0.5, 0.6) is 0 Å². The molecule has 1 N–H and O–H groups in total. The molecular formula is C14H21N5O. The molecule has 2 aromatic heterocycles. The van der Waals surface area contributed by atoms with Gasteiger partial charge in [0.15, 0.2) is 5.82 Å². The fraction of sp³-hybridized carbons (Fsp3) is 0.643. The van der Waals surface area contributed by atoms with Crippen molar-refractivity contribution in [2.45, 2.75) is 46.3 Å². The zero-order valence-electron chi connectivity index (χ0n) is 12.3. The van der Waals surface area contributed by atoms with Gasteiger partial charge in [-0.1, -0.05) is 0 Å². The van der Waals surface area contributed by atoms with Crippen LogP contribution < -0.4 is 5.32 Å². The minimum absolute atomic E-state index is 0.291. The number of nitrogens with one attached hydrogen (secondary N) is 1. The first-order valence-electron chi connectivity index (χ1n) is 7.26. The van der Waals surface area contributed by atoms with Crippen molar-refractivity contribution < 1.29 is 4.74 Å². The van der Waals surface area contributed by atoms with Crippen LogP contribution in [-0.2, 0) is 11.3 Å². The maximum atomic E-state index is 5.65. The molecule has 0 amide bonds. The zero-order chi connectivity index (χ0) is 14.1. The average molecular weight is 275 g/mol. The molecule has 3 heterocycles. The van der Waals surface area contributed by atoms with Crippen molar-refractivity contribution in [1.29, 1.82) is 0 Å². The lowest BCUT2D eigenvalue weighted by Crippen LogP contribution is -2.19. The van der Waals surface area contributed by atoms with Crippen molar-refractivity contribution in [3.63, 3.8) is 0 Å². The third kappa shape index (κ3) is 2.35. The molecule has 0 saturated carbocycles. The van der Waals surface area contributed by atoms with Crippen molar-refractivity contribution in [3.8, 4) is 0 Å². The number of aryl methyl sites for hydroxylation is 3. The van der Waals surface area contributed by atoms with E-state index in [1.165, 1.54) is 0 Å². The second kappa shape index (κ2) is 5.36. The van der Waals surface area contributed by atoms with Crippen molar-refractivity contribution in [3.05, 3.63) is 11.5 Å². The van der Waals surface area contributed by atoms with Gasteiger partial charge in [-0.25, -0.2) is 9.97 Å². The van der Waals surface area contributed by atoms with E-state index < -0.39 is 0 Å². The molecule has 1 fully saturated rings. The Kier molecular flexibility index (Phi) is 3.56. The van der Waals surface area contributed by atoms with E-state index in [1.807, 2.05) is 18.5 Å². The average Bonchev–Trinajstić information content (AvgIpc) is 3.04. The molecule has 20 heavy (non-hydrogen) atoms. The first-order valence-corrected chi connectivity index (χ1v) is 7.26. The summed E-state index contributed by atoms with van der Waals surface area (Å²) in [7, 11) is 0. The number of fused-ring (bicyclic) bond motifs is 1. The maximum absolute atomic E-state index is 5.65. The molecular weight excluding hydrogens is 254 g/mol. The quantitative estimate of drug-likeness (QED) is 0.925. The Hall–Kier alpha value is -1.69. The highest BCUT2D eigenvalue weighted by molar-refractivity contribution is 5.87. The van der Waals surface area contributed by atoms with Crippen LogP contribution in [-0.4, -0.2) is 39.0 Å². The van der Waals surface area contributed by atoms with Gasteiger partial charge in [0.25, 0.3) is 0 Å². The maximum Gasteiger partial charge on any atom is 0.156 e. The highest BCUT2D eigenvalue weighted by atomic mass is 16.5. The number of anilines is 1. The lowest BCUT2D eigenvalue weighted by Gasteiger charge is -2.13. The fourth-order valence-corrected chi connectivity index (χ4v) is 2.71. The number of rotatable bonds is 4. The minimum atomic E-state index is 0.291. The van der Waals surface area contributed by atoms with Crippen molar-refractivity contribution in [2.24, 2.45) is 0 Å². The fourth-order valence-electron chi connectivity index (χ4n) is 2.71. The van der Waals surface area contributed by atoms with Gasteiger partial charge in [0.05, 0.1) is 11.8 Å². The predicted molar refractivity (Wildman–Crippen MR) is 77.9 cm³/mol. The third-order valence-corrected chi connectivity index (χ3v) is 3.69. The summed E-state index contributed by atoms with van der Waals surface area (Å²) in [6.07, 6.45) is 2.56. The van der Waals surface area contributed by atoms with Gasteiger partial charge in [0.2, 0.25) is 0 Å². The number of hydrogen-bond donors (Lipinski definition) is 1. The van der Waals surface area contributed by atoms with Crippen LogP contribution >= 0.6 is 0 Å². The standard InChI is InChI=1S/C14H21N5O/c1-4-19-13-12(9(2)18-19)16-10(3)17-14(13)15-8-11-6-5-7-20-11/h11H,4-8H2,1-3H3,(H,15,16,17)/t11-/m1/s1. The molecule has 1 aliphatic rings. The largest absolute Gasteiger partial charge is 0.376 e. The molecule has 0 radical (unpaired) electrons. The summed E-state index contributed by atoms with van der Waals surface area (Å²) in [5.74, 6) is 1.64. The van der Waals surface area contributed by atoms with Crippen LogP contribution in [0.15, 0.2) is 0 Å². The van der Waals surface area contributed by atoms with Crippen LogP contribution in [0.1, 0.15) is 31.3 Å². The Morgan fingerprint density at radius 1 is 1.35 bits per heavy atom. The van der Waals surface area contributed by atoms with E-state index in [0.717, 1.165) is 60.9 Å². The molecule has 1 saturated heterocycles. The van der Waals surface area contributed by atoms with E-state index in [9.17, 15) is 0 Å². The number of hydrogen-bond acceptors (Lipinski definition) is 5. The molecule has 1 atom stereocenters. The van der Waals surface area contributed by atoms with Crippen molar-refractivity contribution in [2.75, 3.05) is 18.5 Å². The van der Waals surface area contributed by atoms with E-state index in [0.29, 0.717) is 6.10 Å². The van der Waals surface area contributed by atoms with E-state index in [-0.39, 0.29) is 0 Å². The Labute approximate surface area is 118 Å². The van der Waals surface area contributed by atoms with E-state index in [1.54, 1.807) is 0 Å². The Bertz CT molecular complexity index is 616. The van der Waals surface area contributed by atoms with Crippen LogP contribution in [0.3, 0.4) is 0 Å². The molecule has 0 aliphatic carbocycles. The second-order valence-corrected chi connectivity index (χ2v) is 5.23. The summed E-state index contributed by atoms with van der Waals surface area (Å²) in [4.78, 5) is 9.06. The summed E-state index contributed by atoms with van der Waals surface area (Å²) < 4.78 is 7.61. The van der Waals surface area contributed by atoms with Gasteiger partial charge in [-0.05, 0) is 33.6 Å². The normalized spacial score (nSPS) is 18.9. The Morgan fingerprint density at radius 2 is 2.20 bits per heavy atom. The van der Waals surface area contributed by atoms with E-state index >= 15 is 0 Å². The number of nitrogens with zero attached hydrogens (tertiary/aromatic N) is 4. The van der Waals surface area contributed by atoms with Gasteiger partial charge in [-0.15, -0.1) is 0 Å². The van der Waals surface area contributed by atoms with Gasteiger partial charge in [-0.2, -0.15) is 5.10 Å². The van der Waals surface area contributed by atoms with Crippen LogP contribution in [0.4, 0.5) is 5.82 Å². The Balaban J connectivity index is 1.95. The molecule has 2 aromatic rings. The topological polar surface area (TPSA) is 64.9 Å². The molecule has 6 nitrogen and oxygen atoms in total. The molecule has 0 bridgehead atoms. The van der Waals surface area contributed by atoms with Gasteiger partial charge >= 0.3 is 0 Å². The van der Waals surface area contributed by atoms with Crippen molar-refractivity contribution in [1.82, 2.24) is 19.7 Å². The third-order valence-electron chi connectivity index (χ3n) is 3.69. The molecule has 0 spiro atoms. The first-order chi connectivity index (χ1) is 9.69. The molecule has 3 rings (SSSR count). The van der Waals surface area contributed by atoms with E-state index in [2.05, 4.69) is 27.3 Å². The summed E-state index contributed by atoms with van der Waals surface area (Å²) in [5.41, 5.74) is 2.88. The molecule has 0 aromatic carbocycles.